The quantitative estimate of drug-likeness (QED) is 0.750. The lowest BCUT2D eigenvalue weighted by atomic mass is 10.2. The lowest BCUT2D eigenvalue weighted by molar-refractivity contribution is 0.0816. The lowest BCUT2D eigenvalue weighted by Crippen LogP contribution is -2.40. The molecular formula is C19H22N6O2. The van der Waals surface area contributed by atoms with Crippen molar-refractivity contribution in [3.05, 3.63) is 54.2 Å². The molecule has 1 N–H and O–H groups in total. The SMILES string of the molecule is Cc1nc2c(NC(=O)N(Cc3ccccn3)C[C@@H]3CCCO3)cccn2n1. The van der Waals surface area contributed by atoms with Crippen LogP contribution in [0.3, 0.4) is 0 Å². The molecule has 2 amide bonds. The fourth-order valence-electron chi connectivity index (χ4n) is 3.25. The first-order valence-corrected chi connectivity index (χ1v) is 9.08. The molecule has 3 aromatic rings. The summed E-state index contributed by atoms with van der Waals surface area (Å²) in [6, 6.07) is 9.15. The van der Waals surface area contributed by atoms with Gasteiger partial charge in [-0.1, -0.05) is 6.07 Å². The largest absolute Gasteiger partial charge is 0.376 e. The number of aromatic nitrogens is 4. The van der Waals surface area contributed by atoms with Crippen LogP contribution in [0.15, 0.2) is 42.7 Å². The summed E-state index contributed by atoms with van der Waals surface area (Å²) >= 11 is 0. The Kier molecular flexibility index (Phi) is 4.97. The zero-order chi connectivity index (χ0) is 18.6. The molecule has 27 heavy (non-hydrogen) atoms. The first-order valence-electron chi connectivity index (χ1n) is 9.08. The Balaban J connectivity index is 1.55. The highest BCUT2D eigenvalue weighted by molar-refractivity contribution is 5.93. The van der Waals surface area contributed by atoms with Crippen LogP contribution in [0.4, 0.5) is 10.5 Å². The number of pyridine rings is 2. The van der Waals surface area contributed by atoms with Crippen molar-refractivity contribution in [3.8, 4) is 0 Å². The lowest BCUT2D eigenvalue weighted by Gasteiger charge is -2.25. The van der Waals surface area contributed by atoms with Gasteiger partial charge in [0.05, 0.1) is 24.0 Å². The minimum atomic E-state index is -0.204. The number of carbonyl (C=O) groups excluding carboxylic acids is 1. The van der Waals surface area contributed by atoms with Crippen LogP contribution in [0.25, 0.3) is 5.65 Å². The number of amides is 2. The van der Waals surface area contributed by atoms with Gasteiger partial charge in [0.2, 0.25) is 0 Å². The van der Waals surface area contributed by atoms with Crippen molar-refractivity contribution >= 4 is 17.4 Å². The molecule has 4 rings (SSSR count). The second-order valence-electron chi connectivity index (χ2n) is 6.62. The molecule has 3 aromatic heterocycles. The molecule has 8 nitrogen and oxygen atoms in total. The Labute approximate surface area is 157 Å². The first-order chi connectivity index (χ1) is 13.2. The third-order valence-electron chi connectivity index (χ3n) is 4.52. The van der Waals surface area contributed by atoms with Gasteiger partial charge in [0.25, 0.3) is 0 Å². The Hall–Kier alpha value is -3.00. The average Bonchev–Trinajstić information content (AvgIpc) is 3.31. The van der Waals surface area contributed by atoms with Gasteiger partial charge in [0, 0.05) is 25.5 Å². The maximum Gasteiger partial charge on any atom is 0.322 e. The highest BCUT2D eigenvalue weighted by Gasteiger charge is 2.24. The van der Waals surface area contributed by atoms with Gasteiger partial charge in [-0.15, -0.1) is 0 Å². The third kappa shape index (κ3) is 4.06. The predicted molar refractivity (Wildman–Crippen MR) is 100 cm³/mol. The number of rotatable bonds is 5. The van der Waals surface area contributed by atoms with E-state index in [0.717, 1.165) is 25.1 Å². The van der Waals surface area contributed by atoms with E-state index in [-0.39, 0.29) is 12.1 Å². The highest BCUT2D eigenvalue weighted by atomic mass is 16.5. The molecule has 1 saturated heterocycles. The van der Waals surface area contributed by atoms with Crippen molar-refractivity contribution in [2.24, 2.45) is 0 Å². The maximum atomic E-state index is 13.0. The molecule has 0 aliphatic carbocycles. The summed E-state index contributed by atoms with van der Waals surface area (Å²) in [5, 5.41) is 7.26. The molecule has 1 aliphatic heterocycles. The summed E-state index contributed by atoms with van der Waals surface area (Å²) < 4.78 is 7.39. The summed E-state index contributed by atoms with van der Waals surface area (Å²) in [5.41, 5.74) is 2.09. The minimum absolute atomic E-state index is 0.0607. The number of aryl methyl sites for hydroxylation is 1. The van der Waals surface area contributed by atoms with E-state index < -0.39 is 0 Å². The molecule has 140 valence electrons. The normalized spacial score (nSPS) is 16.6. The number of nitrogens with zero attached hydrogens (tertiary/aromatic N) is 5. The number of carbonyl (C=O) groups is 1. The summed E-state index contributed by atoms with van der Waals surface area (Å²) in [5.74, 6) is 0.654. The number of urea groups is 1. The number of hydrogen-bond donors (Lipinski definition) is 1. The zero-order valence-corrected chi connectivity index (χ0v) is 15.2. The molecule has 1 atom stereocenters. The van der Waals surface area contributed by atoms with E-state index >= 15 is 0 Å². The number of fused-ring (bicyclic) bond motifs is 1. The molecule has 0 radical (unpaired) electrons. The van der Waals surface area contributed by atoms with Crippen LogP contribution in [0.1, 0.15) is 24.4 Å². The minimum Gasteiger partial charge on any atom is -0.376 e. The molecule has 4 heterocycles. The standard InChI is InChI=1S/C19H22N6O2/c1-14-21-18-17(8-4-10-25(18)23-14)22-19(26)24(13-16-7-5-11-27-16)12-15-6-2-3-9-20-15/h2-4,6,8-10,16H,5,7,11-13H2,1H3,(H,22,26)/t16-/m0/s1. The molecule has 0 saturated carbocycles. The summed E-state index contributed by atoms with van der Waals surface area (Å²) in [4.78, 5) is 23.5. The molecule has 8 heteroatoms. The van der Waals surface area contributed by atoms with Gasteiger partial charge in [0.1, 0.15) is 5.82 Å². The molecule has 0 bridgehead atoms. The van der Waals surface area contributed by atoms with E-state index in [1.165, 1.54) is 0 Å². The number of ether oxygens (including phenoxy) is 1. The van der Waals surface area contributed by atoms with Crippen molar-refractivity contribution in [2.45, 2.75) is 32.4 Å². The van der Waals surface area contributed by atoms with Gasteiger partial charge in [-0.05, 0) is 44.0 Å². The predicted octanol–water partition coefficient (Wildman–Crippen LogP) is 2.65. The van der Waals surface area contributed by atoms with Crippen LogP contribution in [0.5, 0.6) is 0 Å². The molecule has 0 spiro atoms. The fourth-order valence-corrected chi connectivity index (χ4v) is 3.25. The van der Waals surface area contributed by atoms with Gasteiger partial charge in [-0.25, -0.2) is 14.3 Å². The molecule has 0 aromatic carbocycles. The van der Waals surface area contributed by atoms with Crippen LogP contribution >= 0.6 is 0 Å². The van der Waals surface area contributed by atoms with Gasteiger partial charge >= 0.3 is 6.03 Å². The summed E-state index contributed by atoms with van der Waals surface area (Å²) in [7, 11) is 0. The Morgan fingerprint density at radius 3 is 3.07 bits per heavy atom. The van der Waals surface area contributed by atoms with Crippen LogP contribution in [0.2, 0.25) is 0 Å². The third-order valence-corrected chi connectivity index (χ3v) is 4.52. The van der Waals surface area contributed by atoms with Crippen molar-refractivity contribution in [2.75, 3.05) is 18.5 Å². The van der Waals surface area contributed by atoms with E-state index in [4.69, 9.17) is 4.74 Å². The van der Waals surface area contributed by atoms with Crippen molar-refractivity contribution in [1.29, 1.82) is 0 Å². The number of hydrogen-bond acceptors (Lipinski definition) is 5. The van der Waals surface area contributed by atoms with Crippen molar-refractivity contribution in [1.82, 2.24) is 24.5 Å². The van der Waals surface area contributed by atoms with Crippen LogP contribution in [0, 0.1) is 6.92 Å². The molecular weight excluding hydrogens is 344 g/mol. The topological polar surface area (TPSA) is 84.7 Å². The Bertz CT molecular complexity index is 920. The van der Waals surface area contributed by atoms with E-state index in [0.29, 0.717) is 30.2 Å². The Morgan fingerprint density at radius 2 is 2.30 bits per heavy atom. The monoisotopic (exact) mass is 366 g/mol. The van der Waals surface area contributed by atoms with Crippen molar-refractivity contribution < 1.29 is 9.53 Å². The summed E-state index contributed by atoms with van der Waals surface area (Å²) in [6.45, 7) is 3.52. The van der Waals surface area contributed by atoms with Crippen molar-refractivity contribution in [3.63, 3.8) is 0 Å². The van der Waals surface area contributed by atoms with Gasteiger partial charge in [0.15, 0.2) is 5.65 Å². The van der Waals surface area contributed by atoms with Crippen LogP contribution in [-0.2, 0) is 11.3 Å². The van der Waals surface area contributed by atoms with Gasteiger partial charge < -0.3 is 15.0 Å². The van der Waals surface area contributed by atoms with Crippen LogP contribution < -0.4 is 5.32 Å². The molecule has 0 unspecified atom stereocenters. The highest BCUT2D eigenvalue weighted by Crippen LogP contribution is 2.18. The van der Waals surface area contributed by atoms with E-state index in [9.17, 15) is 4.79 Å². The van der Waals surface area contributed by atoms with E-state index in [2.05, 4.69) is 20.4 Å². The van der Waals surface area contributed by atoms with Gasteiger partial charge in [-0.3, -0.25) is 4.98 Å². The van der Waals surface area contributed by atoms with E-state index in [1.54, 1.807) is 15.6 Å². The zero-order valence-electron chi connectivity index (χ0n) is 15.2. The number of nitrogens with one attached hydrogen (secondary N) is 1. The average molecular weight is 366 g/mol. The second kappa shape index (κ2) is 7.71. The molecule has 1 aliphatic rings. The first kappa shape index (κ1) is 17.4. The smallest absolute Gasteiger partial charge is 0.322 e. The number of anilines is 1. The maximum absolute atomic E-state index is 13.0. The second-order valence-corrected chi connectivity index (χ2v) is 6.62. The van der Waals surface area contributed by atoms with Crippen LogP contribution in [-0.4, -0.2) is 49.8 Å². The fraction of sp³-hybridized carbons (Fsp3) is 0.368. The Morgan fingerprint density at radius 1 is 1.37 bits per heavy atom. The molecule has 1 fully saturated rings. The summed E-state index contributed by atoms with van der Waals surface area (Å²) in [6.07, 6.45) is 5.60. The van der Waals surface area contributed by atoms with Gasteiger partial charge in [-0.2, -0.15) is 5.10 Å². The van der Waals surface area contributed by atoms with E-state index in [1.807, 2.05) is 43.5 Å².